The number of nitrogens with zero attached hydrogens (tertiary/aromatic N) is 1. The average molecular weight is 253 g/mol. The van der Waals surface area contributed by atoms with Crippen molar-refractivity contribution in [3.8, 4) is 5.75 Å². The van der Waals surface area contributed by atoms with Crippen LogP contribution in [0.25, 0.3) is 0 Å². The Morgan fingerprint density at radius 2 is 1.94 bits per heavy atom. The molecule has 98 valence electrons. The van der Waals surface area contributed by atoms with E-state index in [1.165, 1.54) is 13.0 Å². The third-order valence-corrected chi connectivity index (χ3v) is 2.13. The highest BCUT2D eigenvalue weighted by Crippen LogP contribution is 2.36. The topological polar surface area (TPSA) is 93.0 Å². The number of carbonyl (C=O) groups is 2. The van der Waals surface area contributed by atoms with E-state index in [4.69, 9.17) is 14.6 Å². The van der Waals surface area contributed by atoms with Crippen molar-refractivity contribution in [2.75, 3.05) is 7.11 Å². The molecule has 1 atom stereocenters. The Balaban J connectivity index is 0.000000509. The molecule has 0 radical (unpaired) electrons. The fraction of sp³-hybridized carbons (Fsp3) is 0.333. The van der Waals surface area contributed by atoms with Crippen molar-refractivity contribution in [2.24, 2.45) is 5.18 Å². The molecule has 0 aromatic heterocycles. The lowest BCUT2D eigenvalue weighted by molar-refractivity contribution is -0.133. The van der Waals surface area contributed by atoms with Gasteiger partial charge in [0.25, 0.3) is 0 Å². The molecule has 1 aromatic carbocycles. The van der Waals surface area contributed by atoms with E-state index in [0.29, 0.717) is 11.4 Å². The van der Waals surface area contributed by atoms with E-state index in [2.05, 4.69) is 5.18 Å². The number of ether oxygens (including phenoxy) is 1. The van der Waals surface area contributed by atoms with Crippen LogP contribution in [0.5, 0.6) is 5.75 Å². The zero-order valence-electron chi connectivity index (χ0n) is 10.4. The van der Waals surface area contributed by atoms with Gasteiger partial charge in [0.15, 0.2) is 0 Å². The molecule has 2 rings (SSSR count). The van der Waals surface area contributed by atoms with Gasteiger partial charge in [0, 0.05) is 12.7 Å². The molecular formula is C12H15NO5. The highest BCUT2D eigenvalue weighted by atomic mass is 16.5. The summed E-state index contributed by atoms with van der Waals surface area (Å²) in [7, 11) is 1.00. The van der Waals surface area contributed by atoms with Crippen molar-refractivity contribution in [1.29, 1.82) is 0 Å². The molecule has 1 N–H and O–H groups in total. The highest BCUT2D eigenvalue weighted by molar-refractivity contribution is 5.86. The van der Waals surface area contributed by atoms with Crippen molar-refractivity contribution in [2.45, 2.75) is 19.8 Å². The minimum atomic E-state index is -0.295. The molecule has 0 fully saturated rings. The van der Waals surface area contributed by atoms with Crippen LogP contribution < -0.4 is 4.74 Å². The monoisotopic (exact) mass is 253 g/mol. The van der Waals surface area contributed by atoms with Crippen LogP contribution in [0.2, 0.25) is 0 Å². The number of esters is 1. The number of aliphatic hydroxyl groups excluding tert-OH is 1. The van der Waals surface area contributed by atoms with Crippen molar-refractivity contribution >= 4 is 17.9 Å². The maximum Gasteiger partial charge on any atom is 0.318 e. The fourth-order valence-electron chi connectivity index (χ4n) is 1.35. The summed E-state index contributed by atoms with van der Waals surface area (Å²) in [4.78, 5) is 30.1. The number of benzene rings is 1. The fourth-order valence-corrected chi connectivity index (χ4v) is 1.35. The molecule has 0 amide bonds. The van der Waals surface area contributed by atoms with Gasteiger partial charge in [-0.05, 0) is 37.2 Å². The largest absolute Gasteiger partial charge is 0.426 e. The highest BCUT2D eigenvalue weighted by Gasteiger charge is 2.29. The molecular weight excluding hydrogens is 238 g/mol. The second kappa shape index (κ2) is 8.08. The first kappa shape index (κ1) is 15.9. The number of hydrogen-bond acceptors (Lipinski definition) is 6. The Bertz CT molecular complexity index is 430. The zero-order valence-corrected chi connectivity index (χ0v) is 10.4. The first-order valence-corrected chi connectivity index (χ1v) is 5.17. The molecule has 0 bridgehead atoms. The lowest BCUT2D eigenvalue weighted by Crippen LogP contribution is -2.05. The van der Waals surface area contributed by atoms with E-state index in [1.807, 2.05) is 0 Å². The van der Waals surface area contributed by atoms with Crippen LogP contribution in [0.1, 0.15) is 25.3 Å². The van der Waals surface area contributed by atoms with Gasteiger partial charge in [-0.1, -0.05) is 0 Å². The summed E-state index contributed by atoms with van der Waals surface area (Å²) in [6.45, 7) is 3.18. The van der Waals surface area contributed by atoms with Gasteiger partial charge in [-0.3, -0.25) is 4.79 Å². The molecule has 0 saturated heterocycles. The van der Waals surface area contributed by atoms with Crippen molar-refractivity contribution in [3.05, 3.63) is 28.7 Å². The molecule has 18 heavy (non-hydrogen) atoms. The summed E-state index contributed by atoms with van der Waals surface area (Å²) in [6.07, 6.45) is 0.750. The van der Waals surface area contributed by atoms with Crippen LogP contribution in [0.15, 0.2) is 23.4 Å². The number of aldehydes is 1. The van der Waals surface area contributed by atoms with Gasteiger partial charge >= 0.3 is 5.97 Å². The Labute approximate surface area is 105 Å². The minimum absolute atomic E-state index is 0.280. The van der Waals surface area contributed by atoms with Crippen LogP contribution in [-0.2, 0) is 9.59 Å². The number of nitroso groups, excluding NO2 is 1. The van der Waals surface area contributed by atoms with Gasteiger partial charge in [-0.25, -0.2) is 0 Å². The quantitative estimate of drug-likeness (QED) is 0.357. The predicted octanol–water partition coefficient (Wildman–Crippen LogP) is 1.92. The molecule has 6 nitrogen and oxygen atoms in total. The summed E-state index contributed by atoms with van der Waals surface area (Å²) >= 11 is 0. The van der Waals surface area contributed by atoms with Crippen molar-refractivity contribution in [3.63, 3.8) is 0 Å². The molecule has 0 aliphatic carbocycles. The third kappa shape index (κ3) is 3.74. The van der Waals surface area contributed by atoms with Crippen LogP contribution >= 0.6 is 0 Å². The number of aliphatic hydroxyl groups is 1. The molecule has 0 saturated carbocycles. The second-order valence-corrected chi connectivity index (χ2v) is 3.19. The summed E-state index contributed by atoms with van der Waals surface area (Å²) in [6, 6.07) is 4.70. The smallest absolute Gasteiger partial charge is 0.318 e. The van der Waals surface area contributed by atoms with E-state index in [0.717, 1.165) is 19.0 Å². The van der Waals surface area contributed by atoms with Crippen LogP contribution in [-0.4, -0.2) is 24.5 Å². The van der Waals surface area contributed by atoms with Gasteiger partial charge in [0.05, 0.1) is 5.92 Å². The molecule has 1 heterocycles. The van der Waals surface area contributed by atoms with Gasteiger partial charge in [-0.2, -0.15) is 0 Å². The summed E-state index contributed by atoms with van der Waals surface area (Å²) in [5, 5.41) is 9.79. The van der Waals surface area contributed by atoms with E-state index < -0.39 is 0 Å². The van der Waals surface area contributed by atoms with E-state index >= 15 is 0 Å². The summed E-state index contributed by atoms with van der Waals surface area (Å²) in [5.41, 5.74) is 1.06. The van der Waals surface area contributed by atoms with Crippen LogP contribution in [0, 0.1) is 4.91 Å². The molecule has 1 unspecified atom stereocenters. The van der Waals surface area contributed by atoms with Crippen LogP contribution in [0.4, 0.5) is 5.69 Å². The zero-order chi connectivity index (χ0) is 14.1. The normalized spacial score (nSPS) is 15.1. The first-order chi connectivity index (χ1) is 8.63. The molecule has 6 heteroatoms. The van der Waals surface area contributed by atoms with Gasteiger partial charge in [0.1, 0.15) is 17.7 Å². The molecule has 0 spiro atoms. The minimum Gasteiger partial charge on any atom is -0.426 e. The predicted molar refractivity (Wildman–Crippen MR) is 65.8 cm³/mol. The number of hydrogen-bond donors (Lipinski definition) is 1. The SMILES string of the molecule is CC1C(=O)Oc2ccc(N=O)cc21.CC=O.CO. The second-order valence-electron chi connectivity index (χ2n) is 3.19. The third-order valence-electron chi connectivity index (χ3n) is 2.13. The van der Waals surface area contributed by atoms with E-state index in [-0.39, 0.29) is 11.9 Å². The van der Waals surface area contributed by atoms with Gasteiger partial charge in [0.2, 0.25) is 0 Å². The Morgan fingerprint density at radius 1 is 1.39 bits per heavy atom. The average Bonchev–Trinajstić information content (AvgIpc) is 2.68. The van der Waals surface area contributed by atoms with Crippen LogP contribution in [0.3, 0.4) is 0 Å². The first-order valence-electron chi connectivity index (χ1n) is 5.17. The van der Waals surface area contributed by atoms with Gasteiger partial charge < -0.3 is 14.6 Å². The lowest BCUT2D eigenvalue weighted by atomic mass is 10.0. The van der Waals surface area contributed by atoms with Crippen molar-refractivity contribution in [1.82, 2.24) is 0 Å². The van der Waals surface area contributed by atoms with Gasteiger partial charge in [-0.15, -0.1) is 4.91 Å². The Kier molecular flexibility index (Phi) is 7.14. The Morgan fingerprint density at radius 3 is 2.44 bits per heavy atom. The number of rotatable bonds is 1. The number of fused-ring (bicyclic) bond motifs is 1. The maximum atomic E-state index is 11.1. The van der Waals surface area contributed by atoms with Crippen molar-refractivity contribution < 1.29 is 19.4 Å². The maximum absolute atomic E-state index is 11.1. The standard InChI is InChI=1S/C9H7NO3.C2H4O.CH4O/c1-5-7-4-6(10-12)2-3-8(7)13-9(5)11;1-2-3;1-2/h2-5H,1H3;2H,1H3;2H,1H3. The summed E-state index contributed by atoms with van der Waals surface area (Å²) in [5.74, 6) is -0.0420. The Hall–Kier alpha value is -2.08. The molecule has 1 aliphatic rings. The molecule has 1 aliphatic heterocycles. The lowest BCUT2D eigenvalue weighted by Gasteiger charge is -1.97. The molecule has 1 aromatic rings. The summed E-state index contributed by atoms with van der Waals surface area (Å²) < 4.78 is 4.94. The number of carbonyl (C=O) groups excluding carboxylic acids is 2. The van der Waals surface area contributed by atoms with E-state index in [9.17, 15) is 9.70 Å². The van der Waals surface area contributed by atoms with E-state index in [1.54, 1.807) is 19.1 Å².